The molecule has 3 rings (SSSR count). The van der Waals surface area contributed by atoms with Crippen LogP contribution in [0.4, 0.5) is 11.4 Å². The molecule has 33 heavy (non-hydrogen) atoms. The van der Waals surface area contributed by atoms with Gasteiger partial charge in [0.25, 0.3) is 5.91 Å². The fraction of sp³-hybridized carbons (Fsp3) is 0.333. The number of rotatable bonds is 7. The van der Waals surface area contributed by atoms with Crippen molar-refractivity contribution in [1.82, 2.24) is 0 Å². The van der Waals surface area contributed by atoms with E-state index in [1.165, 1.54) is 4.90 Å². The fourth-order valence-corrected chi connectivity index (χ4v) is 3.86. The highest BCUT2D eigenvalue weighted by Gasteiger charge is 2.36. The molecular weight excluding hydrogens is 492 g/mol. The summed E-state index contributed by atoms with van der Waals surface area (Å²) in [6.07, 6.45) is -0.242. The predicted molar refractivity (Wildman–Crippen MR) is 126 cm³/mol. The van der Waals surface area contributed by atoms with Gasteiger partial charge in [-0.05, 0) is 68.8 Å². The van der Waals surface area contributed by atoms with Crippen LogP contribution >= 0.6 is 15.9 Å². The Balaban J connectivity index is 1.53. The van der Waals surface area contributed by atoms with E-state index in [1.54, 1.807) is 50.2 Å². The van der Waals surface area contributed by atoms with Crippen molar-refractivity contribution >= 4 is 51.1 Å². The summed E-state index contributed by atoms with van der Waals surface area (Å²) in [5, 5.41) is 2.70. The summed E-state index contributed by atoms with van der Waals surface area (Å²) in [6, 6.07) is 11.8. The maximum absolute atomic E-state index is 12.4. The van der Waals surface area contributed by atoms with Crippen LogP contribution in [-0.4, -0.2) is 43.0 Å². The second-order valence-corrected chi connectivity index (χ2v) is 8.94. The number of ether oxygens (including phenoxy) is 2. The number of anilines is 2. The van der Waals surface area contributed by atoms with Gasteiger partial charge in [0.15, 0.2) is 6.61 Å². The molecule has 0 bridgehead atoms. The summed E-state index contributed by atoms with van der Waals surface area (Å²) in [7, 11) is 0. The molecule has 0 unspecified atom stereocenters. The lowest BCUT2D eigenvalue weighted by atomic mass is 10.1. The predicted octanol–water partition coefficient (Wildman–Crippen LogP) is 3.86. The van der Waals surface area contributed by atoms with Gasteiger partial charge in [-0.25, -0.2) is 4.79 Å². The largest absolute Gasteiger partial charge is 0.459 e. The van der Waals surface area contributed by atoms with Gasteiger partial charge in [0.1, 0.15) is 0 Å². The molecule has 0 spiro atoms. The average Bonchev–Trinajstić information content (AvgIpc) is 3.15. The lowest BCUT2D eigenvalue weighted by Crippen LogP contribution is -2.28. The van der Waals surface area contributed by atoms with Crippen molar-refractivity contribution in [3.05, 3.63) is 58.1 Å². The van der Waals surface area contributed by atoms with Gasteiger partial charge >= 0.3 is 11.9 Å². The summed E-state index contributed by atoms with van der Waals surface area (Å²) in [4.78, 5) is 50.5. The van der Waals surface area contributed by atoms with Crippen LogP contribution < -0.4 is 10.2 Å². The Labute approximate surface area is 200 Å². The minimum absolute atomic E-state index is 0.0105. The molecule has 0 aliphatic carbocycles. The Morgan fingerprint density at radius 2 is 1.85 bits per heavy atom. The number of esters is 2. The molecule has 1 aliphatic rings. The Hall–Kier alpha value is -3.20. The zero-order valence-corrected chi connectivity index (χ0v) is 20.2. The number of hydrogen-bond donors (Lipinski definition) is 1. The molecule has 1 saturated heterocycles. The molecule has 9 heteroatoms. The average molecular weight is 517 g/mol. The zero-order chi connectivity index (χ0) is 24.1. The first-order valence-corrected chi connectivity index (χ1v) is 11.3. The molecule has 2 aromatic carbocycles. The summed E-state index contributed by atoms with van der Waals surface area (Å²) in [5.74, 6) is -2.42. The second-order valence-electron chi connectivity index (χ2n) is 8.02. The van der Waals surface area contributed by atoms with Gasteiger partial charge in [0, 0.05) is 28.8 Å². The van der Waals surface area contributed by atoms with Crippen LogP contribution in [0.25, 0.3) is 0 Å². The molecule has 1 heterocycles. The summed E-state index contributed by atoms with van der Waals surface area (Å²) in [5.41, 5.74) is 2.44. The first-order chi connectivity index (χ1) is 15.6. The van der Waals surface area contributed by atoms with Crippen molar-refractivity contribution in [2.24, 2.45) is 5.92 Å². The number of aryl methyl sites for hydroxylation is 1. The van der Waals surface area contributed by atoms with E-state index in [-0.39, 0.29) is 25.0 Å². The lowest BCUT2D eigenvalue weighted by molar-refractivity contribution is -0.151. The summed E-state index contributed by atoms with van der Waals surface area (Å²) in [6.45, 7) is 5.08. The third-order valence-corrected chi connectivity index (χ3v) is 5.52. The SMILES string of the molecule is Cc1cc(Br)ccc1NC(=O)COC(=O)[C@H]1CC(=O)N(c2ccc(C(=O)OC(C)C)cc2)C1. The fourth-order valence-electron chi connectivity index (χ4n) is 3.38. The van der Waals surface area contributed by atoms with Crippen LogP contribution in [0.15, 0.2) is 46.9 Å². The minimum Gasteiger partial charge on any atom is -0.459 e. The standard InChI is InChI=1S/C24H25BrN2O6/c1-14(2)33-24(31)16-4-7-19(8-5-16)27-12-17(11-22(27)29)23(30)32-13-21(28)26-20-9-6-18(25)10-15(20)3/h4-10,14,17H,11-13H2,1-3H3,(H,26,28)/t17-/m0/s1. The molecule has 1 fully saturated rings. The van der Waals surface area contributed by atoms with Gasteiger partial charge in [0.05, 0.1) is 17.6 Å². The van der Waals surface area contributed by atoms with E-state index in [2.05, 4.69) is 21.2 Å². The van der Waals surface area contributed by atoms with E-state index in [9.17, 15) is 19.2 Å². The van der Waals surface area contributed by atoms with Gasteiger partial charge < -0.3 is 19.7 Å². The van der Waals surface area contributed by atoms with Gasteiger partial charge in [-0.1, -0.05) is 15.9 Å². The van der Waals surface area contributed by atoms with E-state index < -0.39 is 30.4 Å². The van der Waals surface area contributed by atoms with E-state index in [4.69, 9.17) is 9.47 Å². The summed E-state index contributed by atoms with van der Waals surface area (Å²) >= 11 is 3.36. The van der Waals surface area contributed by atoms with Crippen molar-refractivity contribution in [2.45, 2.75) is 33.3 Å². The zero-order valence-electron chi connectivity index (χ0n) is 18.6. The highest BCUT2D eigenvalue weighted by molar-refractivity contribution is 9.10. The highest BCUT2D eigenvalue weighted by atomic mass is 79.9. The number of hydrogen-bond acceptors (Lipinski definition) is 6. The smallest absolute Gasteiger partial charge is 0.338 e. The third-order valence-electron chi connectivity index (χ3n) is 5.02. The third kappa shape index (κ3) is 6.41. The number of carbonyl (C=O) groups excluding carboxylic acids is 4. The maximum atomic E-state index is 12.4. The number of halogens is 1. The topological polar surface area (TPSA) is 102 Å². The first kappa shape index (κ1) is 24.4. The molecule has 174 valence electrons. The van der Waals surface area contributed by atoms with E-state index in [0.29, 0.717) is 16.9 Å². The second kappa shape index (κ2) is 10.6. The van der Waals surface area contributed by atoms with Gasteiger partial charge in [-0.2, -0.15) is 0 Å². The highest BCUT2D eigenvalue weighted by Crippen LogP contribution is 2.26. The van der Waals surface area contributed by atoms with Crippen LogP contribution in [0.5, 0.6) is 0 Å². The van der Waals surface area contributed by atoms with Crippen molar-refractivity contribution in [2.75, 3.05) is 23.4 Å². The van der Waals surface area contributed by atoms with Crippen LogP contribution in [0.1, 0.15) is 36.2 Å². The van der Waals surface area contributed by atoms with E-state index in [0.717, 1.165) is 10.0 Å². The van der Waals surface area contributed by atoms with Crippen molar-refractivity contribution in [3.63, 3.8) is 0 Å². The number of benzene rings is 2. The van der Waals surface area contributed by atoms with Gasteiger partial charge in [-0.15, -0.1) is 0 Å². The Bertz CT molecular complexity index is 1070. The van der Waals surface area contributed by atoms with Crippen molar-refractivity contribution < 1.29 is 28.7 Å². The maximum Gasteiger partial charge on any atom is 0.338 e. The number of nitrogens with one attached hydrogen (secondary N) is 1. The summed E-state index contributed by atoms with van der Waals surface area (Å²) < 4.78 is 11.2. The molecule has 0 aromatic heterocycles. The molecule has 1 aliphatic heterocycles. The van der Waals surface area contributed by atoms with Gasteiger partial charge in [-0.3, -0.25) is 14.4 Å². The van der Waals surface area contributed by atoms with Gasteiger partial charge in [0.2, 0.25) is 5.91 Å². The Morgan fingerprint density at radius 3 is 2.48 bits per heavy atom. The molecule has 2 aromatic rings. The molecule has 2 amide bonds. The Kier molecular flexibility index (Phi) is 7.86. The normalized spacial score (nSPS) is 15.5. The number of carbonyl (C=O) groups is 4. The quantitative estimate of drug-likeness (QED) is 0.560. The number of amides is 2. The Morgan fingerprint density at radius 1 is 1.15 bits per heavy atom. The van der Waals surface area contributed by atoms with Crippen molar-refractivity contribution in [3.8, 4) is 0 Å². The van der Waals surface area contributed by atoms with Crippen LogP contribution in [0.3, 0.4) is 0 Å². The van der Waals surface area contributed by atoms with Crippen molar-refractivity contribution in [1.29, 1.82) is 0 Å². The number of nitrogens with zero attached hydrogens (tertiary/aromatic N) is 1. The van der Waals surface area contributed by atoms with Crippen LogP contribution in [0.2, 0.25) is 0 Å². The molecule has 0 saturated carbocycles. The minimum atomic E-state index is -0.676. The van der Waals surface area contributed by atoms with Crippen LogP contribution in [-0.2, 0) is 23.9 Å². The molecule has 8 nitrogen and oxygen atoms in total. The molecule has 1 atom stereocenters. The van der Waals surface area contributed by atoms with Crippen LogP contribution in [0, 0.1) is 12.8 Å². The monoisotopic (exact) mass is 516 g/mol. The first-order valence-electron chi connectivity index (χ1n) is 10.5. The molecule has 1 N–H and O–H groups in total. The van der Waals surface area contributed by atoms with E-state index >= 15 is 0 Å². The van der Waals surface area contributed by atoms with E-state index in [1.807, 2.05) is 13.0 Å². The molecular formula is C24H25BrN2O6. The lowest BCUT2D eigenvalue weighted by Gasteiger charge is -2.17. The molecule has 0 radical (unpaired) electrons.